The van der Waals surface area contributed by atoms with Crippen molar-refractivity contribution < 1.29 is 0 Å². The van der Waals surface area contributed by atoms with Gasteiger partial charge in [0.15, 0.2) is 4.96 Å². The van der Waals surface area contributed by atoms with Gasteiger partial charge in [0.05, 0.1) is 17.9 Å². The van der Waals surface area contributed by atoms with Gasteiger partial charge in [0, 0.05) is 18.0 Å². The van der Waals surface area contributed by atoms with E-state index in [1.165, 1.54) is 5.69 Å². The molecule has 3 aromatic rings. The summed E-state index contributed by atoms with van der Waals surface area (Å²) >= 11 is 3.29. The second-order valence-electron chi connectivity index (χ2n) is 5.15. The molecule has 3 aromatic heterocycles. The Hall–Kier alpha value is -1.47. The van der Waals surface area contributed by atoms with Crippen LogP contribution in [0.3, 0.4) is 0 Å². The van der Waals surface area contributed by atoms with Gasteiger partial charge in [-0.05, 0) is 12.8 Å². The van der Waals surface area contributed by atoms with Crippen LogP contribution in [0.2, 0.25) is 0 Å². The van der Waals surface area contributed by atoms with E-state index in [0.717, 1.165) is 33.8 Å². The molecule has 0 fully saturated rings. The summed E-state index contributed by atoms with van der Waals surface area (Å²) in [6, 6.07) is 0. The van der Waals surface area contributed by atoms with Crippen molar-refractivity contribution in [1.82, 2.24) is 19.6 Å². The SMILES string of the molecule is Cc1nc2sccn2c1CNc1nnc(CC(C)C)s1. The molecule has 3 rings (SSSR count). The van der Waals surface area contributed by atoms with Crippen LogP contribution in [0.25, 0.3) is 4.96 Å². The van der Waals surface area contributed by atoms with Crippen molar-refractivity contribution >= 4 is 32.8 Å². The summed E-state index contributed by atoms with van der Waals surface area (Å²) < 4.78 is 2.13. The number of nitrogens with one attached hydrogen (secondary N) is 1. The molecule has 0 unspecified atom stereocenters. The fourth-order valence-corrected chi connectivity index (χ4v) is 3.80. The molecule has 0 aliphatic heterocycles. The van der Waals surface area contributed by atoms with Gasteiger partial charge >= 0.3 is 0 Å². The van der Waals surface area contributed by atoms with Crippen LogP contribution in [0, 0.1) is 12.8 Å². The maximum absolute atomic E-state index is 4.54. The van der Waals surface area contributed by atoms with Crippen molar-refractivity contribution in [1.29, 1.82) is 0 Å². The molecule has 1 N–H and O–H groups in total. The number of hydrogen-bond donors (Lipinski definition) is 1. The first kappa shape index (κ1) is 13.5. The minimum absolute atomic E-state index is 0.610. The highest BCUT2D eigenvalue weighted by atomic mass is 32.1. The number of nitrogens with zero attached hydrogens (tertiary/aromatic N) is 4. The lowest BCUT2D eigenvalue weighted by molar-refractivity contribution is 0.640. The Morgan fingerprint density at radius 3 is 3.00 bits per heavy atom. The average molecular weight is 307 g/mol. The molecule has 0 amide bonds. The second-order valence-corrected chi connectivity index (χ2v) is 7.09. The Balaban J connectivity index is 1.71. The lowest BCUT2D eigenvalue weighted by Crippen LogP contribution is -2.03. The molecule has 20 heavy (non-hydrogen) atoms. The van der Waals surface area contributed by atoms with Crippen LogP contribution in [0.4, 0.5) is 5.13 Å². The largest absolute Gasteiger partial charge is 0.354 e. The van der Waals surface area contributed by atoms with Gasteiger partial charge in [0.1, 0.15) is 5.01 Å². The minimum Gasteiger partial charge on any atom is -0.354 e. The third-order valence-electron chi connectivity index (χ3n) is 3.02. The van der Waals surface area contributed by atoms with Crippen LogP contribution in [-0.2, 0) is 13.0 Å². The molecule has 0 aliphatic carbocycles. The summed E-state index contributed by atoms with van der Waals surface area (Å²) in [5.41, 5.74) is 2.25. The van der Waals surface area contributed by atoms with Crippen LogP contribution >= 0.6 is 22.7 Å². The van der Waals surface area contributed by atoms with Crippen molar-refractivity contribution in [2.24, 2.45) is 5.92 Å². The van der Waals surface area contributed by atoms with E-state index >= 15 is 0 Å². The molecule has 0 bridgehead atoms. The van der Waals surface area contributed by atoms with E-state index in [-0.39, 0.29) is 0 Å². The van der Waals surface area contributed by atoms with E-state index < -0.39 is 0 Å². The Morgan fingerprint density at radius 2 is 2.20 bits per heavy atom. The van der Waals surface area contributed by atoms with Crippen LogP contribution < -0.4 is 5.32 Å². The van der Waals surface area contributed by atoms with Gasteiger partial charge in [0.25, 0.3) is 0 Å². The Morgan fingerprint density at radius 1 is 1.35 bits per heavy atom. The molecule has 0 aliphatic rings. The van der Waals surface area contributed by atoms with Crippen LogP contribution in [-0.4, -0.2) is 19.6 Å². The summed E-state index contributed by atoms with van der Waals surface area (Å²) in [6.45, 7) is 7.15. The molecular weight excluding hydrogens is 290 g/mol. The number of aromatic nitrogens is 4. The number of anilines is 1. The number of aryl methyl sites for hydroxylation is 1. The molecule has 0 radical (unpaired) electrons. The van der Waals surface area contributed by atoms with E-state index in [2.05, 4.69) is 50.3 Å². The maximum atomic E-state index is 4.54. The summed E-state index contributed by atoms with van der Waals surface area (Å²) in [5, 5.41) is 15.8. The number of thiazole rings is 1. The van der Waals surface area contributed by atoms with Crippen LogP contribution in [0.15, 0.2) is 11.6 Å². The third-order valence-corrected chi connectivity index (χ3v) is 4.68. The zero-order valence-corrected chi connectivity index (χ0v) is 13.4. The van der Waals surface area contributed by atoms with Gasteiger partial charge in [-0.1, -0.05) is 25.2 Å². The average Bonchev–Trinajstić information content (AvgIpc) is 3.03. The summed E-state index contributed by atoms with van der Waals surface area (Å²) in [7, 11) is 0. The van der Waals surface area contributed by atoms with E-state index in [0.29, 0.717) is 5.92 Å². The van der Waals surface area contributed by atoms with Gasteiger partial charge in [-0.3, -0.25) is 4.40 Å². The number of imidazole rings is 1. The highest BCUT2D eigenvalue weighted by Gasteiger charge is 2.11. The van der Waals surface area contributed by atoms with E-state index in [9.17, 15) is 0 Å². The van der Waals surface area contributed by atoms with Crippen molar-refractivity contribution in [3.63, 3.8) is 0 Å². The monoisotopic (exact) mass is 307 g/mol. The topological polar surface area (TPSA) is 55.1 Å². The smallest absolute Gasteiger partial charge is 0.205 e. The van der Waals surface area contributed by atoms with Crippen LogP contribution in [0.1, 0.15) is 30.2 Å². The van der Waals surface area contributed by atoms with Gasteiger partial charge < -0.3 is 5.32 Å². The lowest BCUT2D eigenvalue weighted by Gasteiger charge is -2.02. The van der Waals surface area contributed by atoms with Gasteiger partial charge in [-0.25, -0.2) is 4.98 Å². The maximum Gasteiger partial charge on any atom is 0.205 e. The van der Waals surface area contributed by atoms with Crippen molar-refractivity contribution in [2.75, 3.05) is 5.32 Å². The lowest BCUT2D eigenvalue weighted by atomic mass is 10.1. The fourth-order valence-electron chi connectivity index (χ4n) is 2.07. The van der Waals surface area contributed by atoms with Crippen LogP contribution in [0.5, 0.6) is 0 Å². The first-order chi connectivity index (χ1) is 9.63. The van der Waals surface area contributed by atoms with Crippen molar-refractivity contribution in [2.45, 2.75) is 33.7 Å². The van der Waals surface area contributed by atoms with E-state index in [4.69, 9.17) is 0 Å². The normalized spacial score (nSPS) is 11.6. The molecular formula is C13H17N5S2. The Labute approximate surface area is 125 Å². The zero-order chi connectivity index (χ0) is 14.1. The number of rotatable bonds is 5. The van der Waals surface area contributed by atoms with Crippen molar-refractivity contribution in [3.8, 4) is 0 Å². The summed E-state index contributed by atoms with van der Waals surface area (Å²) in [5.74, 6) is 0.610. The third kappa shape index (κ3) is 2.69. The molecule has 7 heteroatoms. The summed E-state index contributed by atoms with van der Waals surface area (Å²) in [4.78, 5) is 5.58. The molecule has 0 aromatic carbocycles. The molecule has 0 saturated carbocycles. The molecule has 5 nitrogen and oxygen atoms in total. The standard InChI is InChI=1S/C13H17N5S2/c1-8(2)6-11-16-17-12(20-11)14-7-10-9(3)15-13-18(10)4-5-19-13/h4-5,8H,6-7H2,1-3H3,(H,14,17). The predicted molar refractivity (Wildman–Crippen MR) is 83.6 cm³/mol. The van der Waals surface area contributed by atoms with E-state index in [1.54, 1.807) is 22.7 Å². The number of hydrogen-bond acceptors (Lipinski definition) is 6. The van der Waals surface area contributed by atoms with Gasteiger partial charge in [-0.2, -0.15) is 0 Å². The summed E-state index contributed by atoms with van der Waals surface area (Å²) in [6.07, 6.45) is 3.04. The molecule has 0 saturated heterocycles. The highest BCUT2D eigenvalue weighted by Crippen LogP contribution is 2.21. The van der Waals surface area contributed by atoms with Gasteiger partial charge in [0.2, 0.25) is 5.13 Å². The van der Waals surface area contributed by atoms with Crippen molar-refractivity contribution in [3.05, 3.63) is 28.0 Å². The molecule has 0 atom stereocenters. The molecule has 106 valence electrons. The first-order valence-electron chi connectivity index (χ1n) is 6.60. The highest BCUT2D eigenvalue weighted by molar-refractivity contribution is 7.15. The second kappa shape index (κ2) is 5.49. The quantitative estimate of drug-likeness (QED) is 0.785. The van der Waals surface area contributed by atoms with E-state index in [1.807, 2.05) is 6.92 Å². The zero-order valence-electron chi connectivity index (χ0n) is 11.8. The molecule has 0 spiro atoms. The first-order valence-corrected chi connectivity index (χ1v) is 8.30. The number of fused-ring (bicyclic) bond motifs is 1. The molecule has 3 heterocycles. The van der Waals surface area contributed by atoms with Gasteiger partial charge in [-0.15, -0.1) is 21.5 Å². The Kier molecular flexibility index (Phi) is 3.71. The fraction of sp³-hybridized carbons (Fsp3) is 0.462. The minimum atomic E-state index is 0.610. The Bertz CT molecular complexity index is 709. The predicted octanol–water partition coefficient (Wildman–Crippen LogP) is 3.37.